The van der Waals surface area contributed by atoms with Gasteiger partial charge in [-0.05, 0) is 57.8 Å². The van der Waals surface area contributed by atoms with Crippen LogP contribution in [0.4, 0.5) is 5.69 Å². The minimum absolute atomic E-state index is 0.347. The zero-order valence-corrected chi connectivity index (χ0v) is 14.7. The number of pyridine rings is 1. The predicted molar refractivity (Wildman–Crippen MR) is 95.9 cm³/mol. The van der Waals surface area contributed by atoms with Crippen molar-refractivity contribution in [3.63, 3.8) is 0 Å². The van der Waals surface area contributed by atoms with Gasteiger partial charge < -0.3 is 14.0 Å². The molecular formula is C17H21BN2O2S. The van der Waals surface area contributed by atoms with E-state index in [9.17, 15) is 0 Å². The normalized spacial score (nSPS) is 18.9. The van der Waals surface area contributed by atoms with E-state index in [1.807, 2.05) is 52.0 Å². The zero-order valence-electron chi connectivity index (χ0n) is 13.9. The fourth-order valence-electron chi connectivity index (χ4n) is 2.23. The average Bonchev–Trinajstić information content (AvgIpc) is 2.75. The summed E-state index contributed by atoms with van der Waals surface area (Å²) in [6, 6.07) is 12.2. The first-order chi connectivity index (χ1) is 10.9. The highest BCUT2D eigenvalue weighted by molar-refractivity contribution is 8.00. The second-order valence-electron chi connectivity index (χ2n) is 6.61. The summed E-state index contributed by atoms with van der Waals surface area (Å²) < 4.78 is 15.5. The van der Waals surface area contributed by atoms with E-state index in [1.165, 1.54) is 0 Å². The summed E-state index contributed by atoms with van der Waals surface area (Å²) in [4.78, 5) is 5.45. The van der Waals surface area contributed by atoms with Crippen LogP contribution in [0, 0.1) is 0 Å². The van der Waals surface area contributed by atoms with E-state index in [2.05, 4.69) is 21.8 Å². The molecule has 1 aliphatic rings. The number of benzene rings is 1. The van der Waals surface area contributed by atoms with Gasteiger partial charge in [-0.25, -0.2) is 0 Å². The maximum absolute atomic E-state index is 6.07. The number of hydrogen-bond donors (Lipinski definition) is 1. The Morgan fingerprint density at radius 3 is 2.30 bits per heavy atom. The molecule has 1 saturated heterocycles. The molecule has 0 amide bonds. The van der Waals surface area contributed by atoms with E-state index < -0.39 is 7.12 Å². The van der Waals surface area contributed by atoms with Gasteiger partial charge >= 0.3 is 7.12 Å². The molecule has 4 nitrogen and oxygen atoms in total. The molecule has 0 radical (unpaired) electrons. The quantitative estimate of drug-likeness (QED) is 0.687. The molecule has 0 aliphatic carbocycles. The van der Waals surface area contributed by atoms with Crippen molar-refractivity contribution in [3.8, 4) is 0 Å². The summed E-state index contributed by atoms with van der Waals surface area (Å²) in [5.74, 6) is 0. The Labute approximate surface area is 142 Å². The smallest absolute Gasteiger partial charge is 0.399 e. The van der Waals surface area contributed by atoms with Crippen molar-refractivity contribution >= 4 is 30.2 Å². The molecule has 0 atom stereocenters. The Hall–Kier alpha value is -1.50. The lowest BCUT2D eigenvalue weighted by atomic mass is 9.80. The van der Waals surface area contributed by atoms with E-state index >= 15 is 0 Å². The first-order valence-corrected chi connectivity index (χ1v) is 8.47. The van der Waals surface area contributed by atoms with Gasteiger partial charge in [0.2, 0.25) is 0 Å². The molecule has 120 valence electrons. The van der Waals surface area contributed by atoms with Crippen LogP contribution in [-0.2, 0) is 9.31 Å². The standard InChI is InChI=1S/C17H21BN2O2S/c1-16(2)17(3,4)22-18(21-16)13-10-14(12-19-11-13)20-23-15-8-6-5-7-9-15/h5-12,20H,1-4H3. The molecular weight excluding hydrogens is 307 g/mol. The van der Waals surface area contributed by atoms with Crippen LogP contribution in [0.2, 0.25) is 0 Å². The maximum Gasteiger partial charge on any atom is 0.496 e. The summed E-state index contributed by atoms with van der Waals surface area (Å²) in [6.45, 7) is 8.20. The summed E-state index contributed by atoms with van der Waals surface area (Å²) in [5.41, 5.74) is 1.15. The molecule has 1 aromatic heterocycles. The Morgan fingerprint density at radius 2 is 1.65 bits per heavy atom. The lowest BCUT2D eigenvalue weighted by Gasteiger charge is -2.32. The second-order valence-corrected chi connectivity index (χ2v) is 7.49. The Bertz CT molecular complexity index is 663. The van der Waals surface area contributed by atoms with Gasteiger partial charge in [-0.1, -0.05) is 18.2 Å². The van der Waals surface area contributed by atoms with Crippen LogP contribution in [-0.4, -0.2) is 23.3 Å². The molecule has 3 rings (SSSR count). The SMILES string of the molecule is CC1(C)OB(c2cncc(NSc3ccccc3)c2)OC1(C)C. The van der Waals surface area contributed by atoms with Gasteiger partial charge in [0, 0.05) is 16.6 Å². The fraction of sp³-hybridized carbons (Fsp3) is 0.353. The van der Waals surface area contributed by atoms with E-state index in [-0.39, 0.29) is 11.2 Å². The van der Waals surface area contributed by atoms with Crippen LogP contribution in [0.5, 0.6) is 0 Å². The van der Waals surface area contributed by atoms with E-state index in [1.54, 1.807) is 24.3 Å². The summed E-state index contributed by atoms with van der Waals surface area (Å²) in [5, 5.41) is 0. The first kappa shape index (κ1) is 16.4. The lowest BCUT2D eigenvalue weighted by Crippen LogP contribution is -2.41. The molecule has 0 spiro atoms. The minimum Gasteiger partial charge on any atom is -0.399 e. The third-order valence-corrected chi connectivity index (χ3v) is 5.16. The highest BCUT2D eigenvalue weighted by atomic mass is 32.2. The molecule has 23 heavy (non-hydrogen) atoms. The molecule has 1 aromatic carbocycles. The Balaban J connectivity index is 1.71. The molecule has 0 saturated carbocycles. The van der Waals surface area contributed by atoms with Crippen LogP contribution >= 0.6 is 11.9 Å². The van der Waals surface area contributed by atoms with Crippen molar-refractivity contribution in [2.24, 2.45) is 0 Å². The van der Waals surface area contributed by atoms with E-state index in [4.69, 9.17) is 9.31 Å². The van der Waals surface area contributed by atoms with Crippen molar-refractivity contribution in [3.05, 3.63) is 48.8 Å². The summed E-state index contributed by atoms with van der Waals surface area (Å²) in [7, 11) is -0.393. The van der Waals surface area contributed by atoms with E-state index in [0.29, 0.717) is 0 Å². The second kappa shape index (κ2) is 6.19. The van der Waals surface area contributed by atoms with Gasteiger partial charge in [0.1, 0.15) is 0 Å². The number of rotatable bonds is 4. The van der Waals surface area contributed by atoms with Crippen LogP contribution in [0.1, 0.15) is 27.7 Å². The number of anilines is 1. The summed E-state index contributed by atoms with van der Waals surface area (Å²) in [6.07, 6.45) is 3.59. The monoisotopic (exact) mass is 328 g/mol. The van der Waals surface area contributed by atoms with Crippen molar-refractivity contribution in [1.82, 2.24) is 4.98 Å². The minimum atomic E-state index is -0.393. The van der Waals surface area contributed by atoms with Gasteiger partial charge in [-0.15, -0.1) is 0 Å². The topological polar surface area (TPSA) is 43.4 Å². The van der Waals surface area contributed by atoms with Crippen LogP contribution in [0.3, 0.4) is 0 Å². The maximum atomic E-state index is 6.07. The number of hydrogen-bond acceptors (Lipinski definition) is 5. The summed E-state index contributed by atoms with van der Waals surface area (Å²) >= 11 is 1.55. The van der Waals surface area contributed by atoms with E-state index in [0.717, 1.165) is 16.0 Å². The number of nitrogens with one attached hydrogen (secondary N) is 1. The van der Waals surface area contributed by atoms with Crippen molar-refractivity contribution < 1.29 is 9.31 Å². The molecule has 2 heterocycles. The number of aromatic nitrogens is 1. The highest BCUT2D eigenvalue weighted by Gasteiger charge is 2.51. The average molecular weight is 328 g/mol. The Kier molecular flexibility index (Phi) is 4.40. The third kappa shape index (κ3) is 3.55. The largest absolute Gasteiger partial charge is 0.496 e. The molecule has 1 aliphatic heterocycles. The van der Waals surface area contributed by atoms with Gasteiger partial charge in [0.15, 0.2) is 0 Å². The predicted octanol–water partition coefficient (Wildman–Crippen LogP) is 3.50. The van der Waals surface area contributed by atoms with Gasteiger partial charge in [0.25, 0.3) is 0 Å². The fourth-order valence-corrected chi connectivity index (χ4v) is 2.87. The molecule has 1 fully saturated rings. The van der Waals surface area contributed by atoms with Crippen LogP contribution in [0.25, 0.3) is 0 Å². The highest BCUT2D eigenvalue weighted by Crippen LogP contribution is 2.36. The third-order valence-electron chi connectivity index (χ3n) is 4.31. The number of nitrogens with zero attached hydrogens (tertiary/aromatic N) is 1. The lowest BCUT2D eigenvalue weighted by molar-refractivity contribution is 0.00578. The molecule has 1 N–H and O–H groups in total. The van der Waals surface area contributed by atoms with Gasteiger partial charge in [-0.3, -0.25) is 4.98 Å². The van der Waals surface area contributed by atoms with Crippen LogP contribution in [0.15, 0.2) is 53.7 Å². The molecule has 0 bridgehead atoms. The molecule has 0 unspecified atom stereocenters. The Morgan fingerprint density at radius 1 is 1.00 bits per heavy atom. The first-order valence-electron chi connectivity index (χ1n) is 7.66. The van der Waals surface area contributed by atoms with Crippen molar-refractivity contribution in [2.75, 3.05) is 4.72 Å². The van der Waals surface area contributed by atoms with Crippen molar-refractivity contribution in [2.45, 2.75) is 43.8 Å². The van der Waals surface area contributed by atoms with Gasteiger partial charge in [-0.2, -0.15) is 0 Å². The van der Waals surface area contributed by atoms with Crippen LogP contribution < -0.4 is 10.2 Å². The molecule has 6 heteroatoms. The zero-order chi connectivity index (χ0) is 16.5. The van der Waals surface area contributed by atoms with Crippen molar-refractivity contribution in [1.29, 1.82) is 0 Å². The molecule has 2 aromatic rings. The van der Waals surface area contributed by atoms with Gasteiger partial charge in [0.05, 0.1) is 23.1 Å².